The molecule has 0 spiro atoms. The van der Waals surface area contributed by atoms with E-state index in [1.807, 2.05) is 20.8 Å². The second-order valence-electron chi connectivity index (χ2n) is 6.31. The molecule has 1 saturated carbocycles. The van der Waals surface area contributed by atoms with Gasteiger partial charge in [-0.25, -0.2) is 0 Å². The van der Waals surface area contributed by atoms with E-state index in [2.05, 4.69) is 12.2 Å². The van der Waals surface area contributed by atoms with E-state index in [0.29, 0.717) is 5.41 Å². The third-order valence-corrected chi connectivity index (χ3v) is 3.59. The molecule has 17 heavy (non-hydrogen) atoms. The van der Waals surface area contributed by atoms with E-state index in [-0.39, 0.29) is 23.7 Å². The van der Waals surface area contributed by atoms with Crippen LogP contribution in [0, 0.1) is 10.8 Å². The molecule has 0 radical (unpaired) electrons. The molecule has 1 fully saturated rings. The van der Waals surface area contributed by atoms with E-state index in [0.717, 1.165) is 6.54 Å². The summed E-state index contributed by atoms with van der Waals surface area (Å²) in [5.74, 6) is -0.00474. The molecule has 3 nitrogen and oxygen atoms in total. The lowest BCUT2D eigenvalue weighted by Crippen LogP contribution is -2.49. The molecule has 102 valence electrons. The predicted octanol–water partition coefficient (Wildman–Crippen LogP) is 2.48. The first-order valence-corrected chi connectivity index (χ1v) is 6.34. The van der Waals surface area contributed by atoms with E-state index in [4.69, 9.17) is 5.73 Å². The lowest BCUT2D eigenvalue weighted by molar-refractivity contribution is -0.124. The average Bonchev–Trinajstić information content (AvgIpc) is 2.93. The van der Waals surface area contributed by atoms with E-state index >= 15 is 0 Å². The Labute approximate surface area is 111 Å². The number of rotatable bonds is 5. The standard InChI is InChI=1S/C13H26N2O.ClH/c1-5-6-13(7-8-13)9-15-11(16)10(14)12(2,3)4;/h10H,5-9,14H2,1-4H3,(H,15,16);1H/t10-;/m1./s1. The molecular weight excluding hydrogens is 236 g/mol. The van der Waals surface area contributed by atoms with E-state index in [9.17, 15) is 4.79 Å². The molecule has 0 unspecified atom stereocenters. The number of amides is 1. The Balaban J connectivity index is 0.00000256. The third kappa shape index (κ3) is 4.84. The summed E-state index contributed by atoms with van der Waals surface area (Å²) in [5.41, 5.74) is 6.15. The summed E-state index contributed by atoms with van der Waals surface area (Å²) in [6.07, 6.45) is 4.93. The summed E-state index contributed by atoms with van der Waals surface area (Å²) < 4.78 is 0. The van der Waals surface area contributed by atoms with Gasteiger partial charge in [-0.05, 0) is 30.1 Å². The molecular formula is C13H27ClN2O. The zero-order valence-corrected chi connectivity index (χ0v) is 12.3. The van der Waals surface area contributed by atoms with Gasteiger partial charge in [-0.1, -0.05) is 34.1 Å². The lowest BCUT2D eigenvalue weighted by atomic mass is 9.87. The van der Waals surface area contributed by atoms with Crippen molar-refractivity contribution in [2.75, 3.05) is 6.54 Å². The van der Waals surface area contributed by atoms with Gasteiger partial charge < -0.3 is 11.1 Å². The Bertz CT molecular complexity index is 257. The first-order valence-electron chi connectivity index (χ1n) is 6.34. The Hall–Kier alpha value is -0.280. The van der Waals surface area contributed by atoms with Crippen molar-refractivity contribution in [3.63, 3.8) is 0 Å². The Morgan fingerprint density at radius 1 is 1.41 bits per heavy atom. The van der Waals surface area contributed by atoms with Crippen molar-refractivity contribution in [2.45, 2.75) is 59.4 Å². The number of carbonyl (C=O) groups excluding carboxylic acids is 1. The third-order valence-electron chi connectivity index (χ3n) is 3.59. The molecule has 0 saturated heterocycles. The molecule has 4 heteroatoms. The summed E-state index contributed by atoms with van der Waals surface area (Å²) >= 11 is 0. The summed E-state index contributed by atoms with van der Waals surface area (Å²) in [5, 5.41) is 3.01. The van der Waals surface area contributed by atoms with Gasteiger partial charge in [-0.2, -0.15) is 0 Å². The Morgan fingerprint density at radius 2 is 1.94 bits per heavy atom. The molecule has 1 aliphatic carbocycles. The van der Waals surface area contributed by atoms with Crippen LogP contribution in [0.1, 0.15) is 53.4 Å². The Kier molecular flexibility index (Phi) is 5.95. The van der Waals surface area contributed by atoms with Crippen molar-refractivity contribution in [3.05, 3.63) is 0 Å². The van der Waals surface area contributed by atoms with Crippen LogP contribution >= 0.6 is 12.4 Å². The van der Waals surface area contributed by atoms with Crippen LogP contribution < -0.4 is 11.1 Å². The maximum absolute atomic E-state index is 11.8. The summed E-state index contributed by atoms with van der Waals surface area (Å²) in [6.45, 7) is 8.99. The molecule has 3 N–H and O–H groups in total. The van der Waals surface area contributed by atoms with E-state index in [1.54, 1.807) is 0 Å². The number of halogens is 1. The highest BCUT2D eigenvalue weighted by molar-refractivity contribution is 5.85. The molecule has 1 atom stereocenters. The average molecular weight is 263 g/mol. The molecule has 1 rings (SSSR count). The summed E-state index contributed by atoms with van der Waals surface area (Å²) in [4.78, 5) is 11.8. The fourth-order valence-electron chi connectivity index (χ4n) is 2.00. The molecule has 1 amide bonds. The van der Waals surface area contributed by atoms with Gasteiger partial charge in [0, 0.05) is 6.54 Å². The highest BCUT2D eigenvalue weighted by atomic mass is 35.5. The number of nitrogens with two attached hydrogens (primary N) is 1. The molecule has 0 aromatic heterocycles. The Morgan fingerprint density at radius 3 is 2.29 bits per heavy atom. The first-order chi connectivity index (χ1) is 7.31. The van der Waals surface area contributed by atoms with Gasteiger partial charge in [-0.3, -0.25) is 4.79 Å². The van der Waals surface area contributed by atoms with Gasteiger partial charge >= 0.3 is 0 Å². The quantitative estimate of drug-likeness (QED) is 0.800. The lowest BCUT2D eigenvalue weighted by Gasteiger charge is -2.26. The molecule has 0 aliphatic heterocycles. The fraction of sp³-hybridized carbons (Fsp3) is 0.923. The fourth-order valence-corrected chi connectivity index (χ4v) is 2.00. The molecule has 1 aliphatic rings. The predicted molar refractivity (Wildman–Crippen MR) is 74.3 cm³/mol. The topological polar surface area (TPSA) is 55.1 Å². The van der Waals surface area contributed by atoms with Gasteiger partial charge in [-0.15, -0.1) is 12.4 Å². The van der Waals surface area contributed by atoms with Gasteiger partial charge in [0.1, 0.15) is 0 Å². The monoisotopic (exact) mass is 262 g/mol. The van der Waals surface area contributed by atoms with Crippen LogP contribution in [-0.2, 0) is 4.79 Å². The second kappa shape index (κ2) is 6.05. The van der Waals surface area contributed by atoms with Crippen molar-refractivity contribution < 1.29 is 4.79 Å². The second-order valence-corrected chi connectivity index (χ2v) is 6.31. The number of nitrogens with one attached hydrogen (secondary N) is 1. The molecule has 0 aromatic carbocycles. The summed E-state index contributed by atoms with van der Waals surface area (Å²) in [6, 6.07) is -0.412. The number of carbonyl (C=O) groups is 1. The van der Waals surface area contributed by atoms with Crippen LogP contribution in [0.2, 0.25) is 0 Å². The molecule has 0 heterocycles. The van der Waals surface area contributed by atoms with Crippen LogP contribution in [0.3, 0.4) is 0 Å². The number of hydrogen-bond acceptors (Lipinski definition) is 2. The van der Waals surface area contributed by atoms with Gasteiger partial charge in [0.25, 0.3) is 0 Å². The van der Waals surface area contributed by atoms with Gasteiger partial charge in [0.2, 0.25) is 5.91 Å². The van der Waals surface area contributed by atoms with Gasteiger partial charge in [0.05, 0.1) is 6.04 Å². The zero-order valence-electron chi connectivity index (χ0n) is 11.5. The summed E-state index contributed by atoms with van der Waals surface area (Å²) in [7, 11) is 0. The highest BCUT2D eigenvalue weighted by Crippen LogP contribution is 2.48. The minimum absolute atomic E-state index is 0. The van der Waals surface area contributed by atoms with Crippen LogP contribution in [0.15, 0.2) is 0 Å². The smallest absolute Gasteiger partial charge is 0.237 e. The van der Waals surface area contributed by atoms with E-state index in [1.165, 1.54) is 25.7 Å². The van der Waals surface area contributed by atoms with Crippen LogP contribution in [0.25, 0.3) is 0 Å². The maximum Gasteiger partial charge on any atom is 0.237 e. The maximum atomic E-state index is 11.8. The van der Waals surface area contributed by atoms with E-state index < -0.39 is 6.04 Å². The highest BCUT2D eigenvalue weighted by Gasteiger charge is 2.42. The van der Waals surface area contributed by atoms with Crippen molar-refractivity contribution >= 4 is 18.3 Å². The normalized spacial score (nSPS) is 19.1. The van der Waals surface area contributed by atoms with Gasteiger partial charge in [0.15, 0.2) is 0 Å². The van der Waals surface area contributed by atoms with Crippen molar-refractivity contribution in [1.82, 2.24) is 5.32 Å². The minimum atomic E-state index is -0.412. The largest absolute Gasteiger partial charge is 0.354 e. The van der Waals surface area contributed by atoms with Crippen molar-refractivity contribution in [2.24, 2.45) is 16.6 Å². The molecule has 0 aromatic rings. The van der Waals surface area contributed by atoms with Crippen LogP contribution in [0.5, 0.6) is 0 Å². The van der Waals surface area contributed by atoms with Crippen LogP contribution in [0.4, 0.5) is 0 Å². The molecule has 0 bridgehead atoms. The zero-order chi connectivity index (χ0) is 12.4. The first kappa shape index (κ1) is 16.7. The number of hydrogen-bond donors (Lipinski definition) is 2. The van der Waals surface area contributed by atoms with Crippen LogP contribution in [-0.4, -0.2) is 18.5 Å². The van der Waals surface area contributed by atoms with Crippen molar-refractivity contribution in [1.29, 1.82) is 0 Å². The SMILES string of the molecule is CCCC1(CNC(=O)[C@@H](N)C(C)(C)C)CC1.Cl. The van der Waals surface area contributed by atoms with Crippen molar-refractivity contribution in [3.8, 4) is 0 Å². The minimum Gasteiger partial charge on any atom is -0.354 e.